The first kappa shape index (κ1) is 13.4. The Bertz CT molecular complexity index is 371. The predicted molar refractivity (Wildman–Crippen MR) is 73.7 cm³/mol. The molecule has 4 nitrogen and oxygen atoms in total. The van der Waals surface area contributed by atoms with E-state index in [1.807, 2.05) is 0 Å². The number of nitrogens with one attached hydrogen (secondary N) is 1. The largest absolute Gasteiger partial charge is 0.432 e. The second-order valence-electron chi connectivity index (χ2n) is 5.28. The standard InChI is InChI=1S/C14H25N3O/c1-4-14(5-2)7-8-17(11-14)13-16-12(10-18-13)9-15-6-3/h10,15H,4-9,11H2,1-3H3. The first-order valence-electron chi connectivity index (χ1n) is 7.13. The van der Waals surface area contributed by atoms with Crippen molar-refractivity contribution in [2.24, 2.45) is 5.41 Å². The molecule has 0 unspecified atom stereocenters. The molecular weight excluding hydrogens is 226 g/mol. The van der Waals surface area contributed by atoms with Crippen LogP contribution in [0.3, 0.4) is 0 Å². The SMILES string of the molecule is CCNCc1coc(N2CCC(CC)(CC)C2)n1. The first-order chi connectivity index (χ1) is 8.73. The van der Waals surface area contributed by atoms with Gasteiger partial charge in [-0.05, 0) is 31.2 Å². The maximum absolute atomic E-state index is 5.60. The van der Waals surface area contributed by atoms with Crippen LogP contribution in [0.5, 0.6) is 0 Å². The molecule has 18 heavy (non-hydrogen) atoms. The van der Waals surface area contributed by atoms with E-state index in [4.69, 9.17) is 4.42 Å². The van der Waals surface area contributed by atoms with Gasteiger partial charge in [0.1, 0.15) is 6.26 Å². The minimum absolute atomic E-state index is 0.469. The summed E-state index contributed by atoms with van der Waals surface area (Å²) < 4.78 is 5.60. The van der Waals surface area contributed by atoms with E-state index < -0.39 is 0 Å². The number of anilines is 1. The summed E-state index contributed by atoms with van der Waals surface area (Å²) in [5, 5.41) is 3.27. The van der Waals surface area contributed by atoms with Gasteiger partial charge in [-0.15, -0.1) is 0 Å². The van der Waals surface area contributed by atoms with E-state index in [1.54, 1.807) is 6.26 Å². The van der Waals surface area contributed by atoms with Gasteiger partial charge in [0.2, 0.25) is 0 Å². The Balaban J connectivity index is 1.98. The van der Waals surface area contributed by atoms with Gasteiger partial charge in [0, 0.05) is 19.6 Å². The van der Waals surface area contributed by atoms with Crippen LogP contribution in [0.15, 0.2) is 10.7 Å². The highest BCUT2D eigenvalue weighted by molar-refractivity contribution is 5.30. The molecule has 2 heterocycles. The molecule has 0 amide bonds. The predicted octanol–water partition coefficient (Wildman–Crippen LogP) is 2.80. The van der Waals surface area contributed by atoms with Crippen LogP contribution in [-0.4, -0.2) is 24.6 Å². The second-order valence-corrected chi connectivity index (χ2v) is 5.28. The van der Waals surface area contributed by atoms with E-state index in [2.05, 4.69) is 36.0 Å². The van der Waals surface area contributed by atoms with Crippen LogP contribution in [0.2, 0.25) is 0 Å². The maximum Gasteiger partial charge on any atom is 0.297 e. The molecular formula is C14H25N3O. The Morgan fingerprint density at radius 3 is 2.78 bits per heavy atom. The van der Waals surface area contributed by atoms with Crippen LogP contribution >= 0.6 is 0 Å². The Morgan fingerprint density at radius 1 is 1.39 bits per heavy atom. The number of hydrogen-bond donors (Lipinski definition) is 1. The highest BCUT2D eigenvalue weighted by Gasteiger charge is 2.36. The highest BCUT2D eigenvalue weighted by Crippen LogP contribution is 2.38. The van der Waals surface area contributed by atoms with Crippen molar-refractivity contribution < 1.29 is 4.42 Å². The van der Waals surface area contributed by atoms with Crippen molar-refractivity contribution in [2.75, 3.05) is 24.5 Å². The third kappa shape index (κ3) is 2.69. The zero-order chi connectivity index (χ0) is 13.0. The molecule has 0 aliphatic carbocycles. The number of hydrogen-bond acceptors (Lipinski definition) is 4. The lowest BCUT2D eigenvalue weighted by Gasteiger charge is -2.25. The zero-order valence-electron chi connectivity index (χ0n) is 11.8. The average Bonchev–Trinajstić information content (AvgIpc) is 3.03. The number of oxazole rings is 1. The first-order valence-corrected chi connectivity index (χ1v) is 7.13. The number of rotatable bonds is 6. The van der Waals surface area contributed by atoms with Gasteiger partial charge in [0.05, 0.1) is 5.69 Å². The molecule has 1 aromatic rings. The Kier molecular flexibility index (Phi) is 4.27. The topological polar surface area (TPSA) is 41.3 Å². The molecule has 1 aliphatic heterocycles. The van der Waals surface area contributed by atoms with Crippen LogP contribution in [0.25, 0.3) is 0 Å². The number of aromatic nitrogens is 1. The van der Waals surface area contributed by atoms with E-state index in [0.717, 1.165) is 37.9 Å². The molecule has 0 bridgehead atoms. The summed E-state index contributed by atoms with van der Waals surface area (Å²) in [5.41, 5.74) is 1.47. The lowest BCUT2D eigenvalue weighted by Crippen LogP contribution is -2.26. The molecule has 1 saturated heterocycles. The molecule has 102 valence electrons. The van der Waals surface area contributed by atoms with E-state index in [9.17, 15) is 0 Å². The molecule has 0 aromatic carbocycles. The van der Waals surface area contributed by atoms with Crippen molar-refractivity contribution in [3.05, 3.63) is 12.0 Å². The molecule has 0 atom stereocenters. The van der Waals surface area contributed by atoms with E-state index in [1.165, 1.54) is 19.3 Å². The van der Waals surface area contributed by atoms with Gasteiger partial charge in [0.15, 0.2) is 0 Å². The second kappa shape index (κ2) is 5.74. The molecule has 0 saturated carbocycles. The van der Waals surface area contributed by atoms with Gasteiger partial charge in [0.25, 0.3) is 6.01 Å². The van der Waals surface area contributed by atoms with Crippen molar-refractivity contribution in [1.82, 2.24) is 10.3 Å². The summed E-state index contributed by atoms with van der Waals surface area (Å²) in [5.74, 6) is 0. The third-order valence-electron chi connectivity index (χ3n) is 4.30. The highest BCUT2D eigenvalue weighted by atomic mass is 16.4. The van der Waals surface area contributed by atoms with Crippen LogP contribution in [0.4, 0.5) is 6.01 Å². The molecule has 4 heteroatoms. The van der Waals surface area contributed by atoms with Gasteiger partial charge < -0.3 is 14.6 Å². The molecule has 1 N–H and O–H groups in total. The van der Waals surface area contributed by atoms with Crippen LogP contribution in [0.1, 0.15) is 45.7 Å². The van der Waals surface area contributed by atoms with Crippen molar-refractivity contribution in [3.8, 4) is 0 Å². The fraction of sp³-hybridized carbons (Fsp3) is 0.786. The van der Waals surface area contributed by atoms with Gasteiger partial charge >= 0.3 is 0 Å². The van der Waals surface area contributed by atoms with E-state index in [0.29, 0.717) is 5.41 Å². The summed E-state index contributed by atoms with van der Waals surface area (Å²) in [4.78, 5) is 6.85. The molecule has 2 rings (SSSR count). The van der Waals surface area contributed by atoms with Gasteiger partial charge in [-0.2, -0.15) is 4.98 Å². The Morgan fingerprint density at radius 2 is 2.17 bits per heavy atom. The smallest absolute Gasteiger partial charge is 0.297 e. The van der Waals surface area contributed by atoms with Crippen LogP contribution in [0, 0.1) is 5.41 Å². The lowest BCUT2D eigenvalue weighted by atomic mass is 9.82. The van der Waals surface area contributed by atoms with Gasteiger partial charge in [-0.3, -0.25) is 0 Å². The Hall–Kier alpha value is -1.03. The minimum atomic E-state index is 0.469. The van der Waals surface area contributed by atoms with Crippen LogP contribution < -0.4 is 10.2 Å². The van der Waals surface area contributed by atoms with Crippen LogP contribution in [-0.2, 0) is 6.54 Å². The van der Waals surface area contributed by atoms with E-state index >= 15 is 0 Å². The van der Waals surface area contributed by atoms with Gasteiger partial charge in [-0.1, -0.05) is 20.8 Å². The molecule has 1 aliphatic rings. The van der Waals surface area contributed by atoms with Crippen molar-refractivity contribution in [2.45, 2.75) is 46.6 Å². The number of nitrogens with zero attached hydrogens (tertiary/aromatic N) is 2. The van der Waals surface area contributed by atoms with Crippen molar-refractivity contribution in [3.63, 3.8) is 0 Å². The molecule has 0 spiro atoms. The summed E-state index contributed by atoms with van der Waals surface area (Å²) in [6.45, 7) is 10.6. The molecule has 1 aromatic heterocycles. The van der Waals surface area contributed by atoms with Crippen molar-refractivity contribution >= 4 is 6.01 Å². The Labute approximate surface area is 110 Å². The quantitative estimate of drug-likeness (QED) is 0.844. The lowest BCUT2D eigenvalue weighted by molar-refractivity contribution is 0.300. The minimum Gasteiger partial charge on any atom is -0.432 e. The fourth-order valence-electron chi connectivity index (χ4n) is 2.70. The van der Waals surface area contributed by atoms with E-state index in [-0.39, 0.29) is 0 Å². The summed E-state index contributed by atoms with van der Waals surface area (Å²) in [6, 6.07) is 0.798. The summed E-state index contributed by atoms with van der Waals surface area (Å²) in [6.07, 6.45) is 5.51. The van der Waals surface area contributed by atoms with Crippen molar-refractivity contribution in [1.29, 1.82) is 0 Å². The average molecular weight is 251 g/mol. The normalized spacial score (nSPS) is 18.5. The zero-order valence-corrected chi connectivity index (χ0v) is 11.8. The monoisotopic (exact) mass is 251 g/mol. The summed E-state index contributed by atoms with van der Waals surface area (Å²) in [7, 11) is 0. The molecule has 0 radical (unpaired) electrons. The molecule has 1 fully saturated rings. The fourth-order valence-corrected chi connectivity index (χ4v) is 2.70. The van der Waals surface area contributed by atoms with Gasteiger partial charge in [-0.25, -0.2) is 0 Å². The third-order valence-corrected chi connectivity index (χ3v) is 4.30. The summed E-state index contributed by atoms with van der Waals surface area (Å²) >= 11 is 0. The maximum atomic E-state index is 5.60.